The van der Waals surface area contributed by atoms with Crippen LogP contribution in [0.1, 0.15) is 11.1 Å². The van der Waals surface area contributed by atoms with Crippen molar-refractivity contribution in [3.8, 4) is 0 Å². The molecule has 0 amide bonds. The zero-order valence-corrected chi connectivity index (χ0v) is 15.6. The molecule has 1 nitrogen and oxygen atoms in total. The fraction of sp³-hybridized carbons (Fsp3) is 0.316. The number of aromatic nitrogens is 1. The molecule has 0 unspecified atom stereocenters. The summed E-state index contributed by atoms with van der Waals surface area (Å²) in [5.41, 5.74) is 5.21. The SMILES string of the molecule is CP(C)Cc1cccc2cc3cccc(CP(C)C)c3nc12. The summed E-state index contributed by atoms with van der Waals surface area (Å²) in [7, 11) is 0.0969. The minimum Gasteiger partial charge on any atom is -0.247 e. The highest BCUT2D eigenvalue weighted by Gasteiger charge is 2.09. The Kier molecular flexibility index (Phi) is 4.76. The predicted octanol–water partition coefficient (Wildman–Crippen LogP) is 5.87. The van der Waals surface area contributed by atoms with E-state index in [0.29, 0.717) is 0 Å². The fourth-order valence-electron chi connectivity index (χ4n) is 2.94. The van der Waals surface area contributed by atoms with E-state index in [-0.39, 0.29) is 15.8 Å². The second-order valence-corrected chi connectivity index (χ2v) is 11.4. The van der Waals surface area contributed by atoms with Gasteiger partial charge in [0.1, 0.15) is 0 Å². The van der Waals surface area contributed by atoms with Crippen LogP contribution in [0.2, 0.25) is 0 Å². The van der Waals surface area contributed by atoms with Gasteiger partial charge in [0.05, 0.1) is 11.0 Å². The minimum atomic E-state index is 0.0485. The molecule has 0 saturated heterocycles. The summed E-state index contributed by atoms with van der Waals surface area (Å²) in [5.74, 6) is 0. The lowest BCUT2D eigenvalue weighted by Gasteiger charge is -2.13. The number of benzene rings is 2. The Bertz CT molecular complexity index is 744. The van der Waals surface area contributed by atoms with Crippen LogP contribution < -0.4 is 0 Å². The van der Waals surface area contributed by atoms with Gasteiger partial charge < -0.3 is 0 Å². The van der Waals surface area contributed by atoms with Crippen LogP contribution >= 0.6 is 15.8 Å². The van der Waals surface area contributed by atoms with Gasteiger partial charge in [-0.2, -0.15) is 0 Å². The Morgan fingerprint density at radius 2 is 1.18 bits per heavy atom. The Balaban J connectivity index is 2.24. The average molecular weight is 327 g/mol. The van der Waals surface area contributed by atoms with Gasteiger partial charge in [-0.3, -0.25) is 0 Å². The summed E-state index contributed by atoms with van der Waals surface area (Å²) in [6.45, 7) is 9.34. The summed E-state index contributed by atoms with van der Waals surface area (Å²) in [5, 5.41) is 2.54. The zero-order chi connectivity index (χ0) is 15.7. The van der Waals surface area contributed by atoms with Crippen molar-refractivity contribution in [3.05, 3.63) is 53.6 Å². The highest BCUT2D eigenvalue weighted by Crippen LogP contribution is 2.36. The van der Waals surface area contributed by atoms with Crippen LogP contribution in [-0.2, 0) is 12.3 Å². The van der Waals surface area contributed by atoms with Crippen molar-refractivity contribution in [2.75, 3.05) is 26.7 Å². The molecule has 0 spiro atoms. The van der Waals surface area contributed by atoms with Gasteiger partial charge in [0.15, 0.2) is 0 Å². The van der Waals surface area contributed by atoms with Crippen molar-refractivity contribution in [2.24, 2.45) is 0 Å². The van der Waals surface area contributed by atoms with E-state index in [9.17, 15) is 0 Å². The molecule has 1 heterocycles. The molecule has 0 bridgehead atoms. The maximum absolute atomic E-state index is 5.10. The fourth-order valence-corrected chi connectivity index (χ4v) is 4.82. The van der Waals surface area contributed by atoms with Crippen LogP contribution in [0.5, 0.6) is 0 Å². The maximum Gasteiger partial charge on any atom is 0.0745 e. The molecule has 3 rings (SSSR count). The quantitative estimate of drug-likeness (QED) is 0.431. The molecule has 22 heavy (non-hydrogen) atoms. The first-order valence-electron chi connectivity index (χ1n) is 7.64. The number of hydrogen-bond donors (Lipinski definition) is 0. The van der Waals surface area contributed by atoms with E-state index in [4.69, 9.17) is 4.98 Å². The van der Waals surface area contributed by atoms with Gasteiger partial charge >= 0.3 is 0 Å². The topological polar surface area (TPSA) is 12.9 Å². The van der Waals surface area contributed by atoms with Crippen LogP contribution in [0, 0.1) is 0 Å². The number of nitrogens with zero attached hydrogens (tertiary/aromatic N) is 1. The maximum atomic E-state index is 5.10. The standard InChI is InChI=1S/C19H23NP2/c1-21(2)12-16-9-5-7-14-11-15-8-6-10-17(13-22(3)4)19(15)20-18(14)16/h5-11H,12-13H2,1-4H3. The lowest BCUT2D eigenvalue weighted by atomic mass is 10.1. The van der Waals surface area contributed by atoms with Gasteiger partial charge in [-0.15, -0.1) is 15.8 Å². The van der Waals surface area contributed by atoms with Gasteiger partial charge in [-0.25, -0.2) is 4.98 Å². The van der Waals surface area contributed by atoms with E-state index in [1.807, 2.05) is 0 Å². The average Bonchev–Trinajstić information content (AvgIpc) is 2.45. The summed E-state index contributed by atoms with van der Waals surface area (Å²) in [4.78, 5) is 5.10. The largest absolute Gasteiger partial charge is 0.247 e. The first kappa shape index (κ1) is 15.9. The molecular weight excluding hydrogens is 304 g/mol. The molecule has 0 aliphatic rings. The molecule has 0 N–H and O–H groups in total. The van der Waals surface area contributed by atoms with Crippen molar-refractivity contribution in [1.82, 2.24) is 4.98 Å². The number of fused-ring (bicyclic) bond motifs is 2. The van der Waals surface area contributed by atoms with Gasteiger partial charge in [0, 0.05) is 10.8 Å². The Morgan fingerprint density at radius 1 is 0.727 bits per heavy atom. The van der Waals surface area contributed by atoms with Gasteiger partial charge in [0.2, 0.25) is 0 Å². The third kappa shape index (κ3) is 3.32. The van der Waals surface area contributed by atoms with Crippen molar-refractivity contribution in [2.45, 2.75) is 12.3 Å². The zero-order valence-electron chi connectivity index (χ0n) is 13.8. The Labute approximate surface area is 135 Å². The van der Waals surface area contributed by atoms with Gasteiger partial charge in [-0.1, -0.05) is 36.4 Å². The summed E-state index contributed by atoms with van der Waals surface area (Å²) >= 11 is 0. The minimum absolute atomic E-state index is 0.0485. The van der Waals surface area contributed by atoms with E-state index in [1.165, 1.54) is 32.9 Å². The monoisotopic (exact) mass is 327 g/mol. The van der Waals surface area contributed by atoms with Crippen molar-refractivity contribution in [3.63, 3.8) is 0 Å². The molecule has 0 fully saturated rings. The summed E-state index contributed by atoms with van der Waals surface area (Å²) in [6, 6.07) is 15.5. The second-order valence-electron chi connectivity index (χ2n) is 6.44. The molecular formula is C19H23NP2. The molecule has 0 aliphatic heterocycles. The highest BCUT2D eigenvalue weighted by atomic mass is 31.1. The van der Waals surface area contributed by atoms with Crippen molar-refractivity contribution >= 4 is 37.6 Å². The Morgan fingerprint density at radius 3 is 1.59 bits per heavy atom. The predicted molar refractivity (Wildman–Crippen MR) is 104 cm³/mol. The summed E-state index contributed by atoms with van der Waals surface area (Å²) in [6.07, 6.45) is 2.31. The first-order chi connectivity index (χ1) is 10.5. The molecule has 0 atom stereocenters. The number of pyridine rings is 1. The van der Waals surface area contributed by atoms with Crippen molar-refractivity contribution < 1.29 is 0 Å². The van der Waals surface area contributed by atoms with Crippen LogP contribution in [0.15, 0.2) is 42.5 Å². The molecule has 0 aliphatic carbocycles. The smallest absolute Gasteiger partial charge is 0.0745 e. The normalized spacial score (nSPS) is 11.9. The number of para-hydroxylation sites is 2. The van der Waals surface area contributed by atoms with Gasteiger partial charge in [-0.05, 0) is 56.2 Å². The molecule has 1 aromatic heterocycles. The molecule has 3 aromatic rings. The van der Waals surface area contributed by atoms with Crippen LogP contribution in [0.3, 0.4) is 0 Å². The molecule has 0 radical (unpaired) electrons. The Hall–Kier alpha value is -1.03. The summed E-state index contributed by atoms with van der Waals surface area (Å²) < 4.78 is 0. The van der Waals surface area contributed by atoms with E-state index >= 15 is 0 Å². The van der Waals surface area contributed by atoms with E-state index in [2.05, 4.69) is 69.1 Å². The first-order valence-corrected chi connectivity index (χ1v) is 12.5. The number of hydrogen-bond acceptors (Lipinski definition) is 1. The highest BCUT2D eigenvalue weighted by molar-refractivity contribution is 7.55. The van der Waals surface area contributed by atoms with Crippen molar-refractivity contribution in [1.29, 1.82) is 0 Å². The van der Waals surface area contributed by atoms with E-state index in [0.717, 1.165) is 12.3 Å². The molecule has 2 aromatic carbocycles. The van der Waals surface area contributed by atoms with Crippen LogP contribution in [-0.4, -0.2) is 31.6 Å². The lowest BCUT2D eigenvalue weighted by molar-refractivity contribution is 1.34. The molecule has 0 saturated carbocycles. The lowest BCUT2D eigenvalue weighted by Crippen LogP contribution is -1.93. The number of rotatable bonds is 4. The third-order valence-corrected chi connectivity index (χ3v) is 5.76. The van der Waals surface area contributed by atoms with E-state index in [1.54, 1.807) is 0 Å². The third-order valence-electron chi connectivity index (χ3n) is 3.81. The van der Waals surface area contributed by atoms with Gasteiger partial charge in [0.25, 0.3) is 0 Å². The van der Waals surface area contributed by atoms with E-state index < -0.39 is 0 Å². The van der Waals surface area contributed by atoms with Crippen LogP contribution in [0.4, 0.5) is 0 Å². The molecule has 3 heteroatoms. The van der Waals surface area contributed by atoms with Crippen LogP contribution in [0.25, 0.3) is 21.8 Å². The molecule has 114 valence electrons. The second kappa shape index (κ2) is 6.61.